The summed E-state index contributed by atoms with van der Waals surface area (Å²) in [6.07, 6.45) is 1.62. The van der Waals surface area contributed by atoms with Gasteiger partial charge in [0.25, 0.3) is 5.56 Å². The van der Waals surface area contributed by atoms with Crippen LogP contribution in [0.25, 0.3) is 10.1 Å². The number of amides is 1. The van der Waals surface area contributed by atoms with E-state index in [1.165, 1.54) is 16.0 Å². The number of morpholine rings is 1. The maximum atomic E-state index is 12.2. The third-order valence-electron chi connectivity index (χ3n) is 3.61. The lowest BCUT2D eigenvalue weighted by atomic mass is 10.4. The summed E-state index contributed by atoms with van der Waals surface area (Å²) in [4.78, 5) is 26.3. The Kier molecular flexibility index (Phi) is 4.81. The number of hydrogen-bond acceptors (Lipinski definition) is 6. The van der Waals surface area contributed by atoms with Crippen LogP contribution in [-0.2, 0) is 16.1 Å². The second-order valence-corrected chi connectivity index (χ2v) is 6.03. The smallest absolute Gasteiger partial charge is 0.285 e. The van der Waals surface area contributed by atoms with E-state index in [-0.39, 0.29) is 18.0 Å². The Balaban J connectivity index is 1.52. The van der Waals surface area contributed by atoms with Crippen molar-refractivity contribution in [2.75, 3.05) is 39.4 Å². The summed E-state index contributed by atoms with van der Waals surface area (Å²) >= 11 is 1.37. The Morgan fingerprint density at radius 3 is 3.05 bits per heavy atom. The van der Waals surface area contributed by atoms with Crippen molar-refractivity contribution >= 4 is 27.3 Å². The van der Waals surface area contributed by atoms with Crippen LogP contribution in [0.5, 0.6) is 0 Å². The standard InChI is InChI=1S/C14H18N4O3S/c19-12(15-2-3-17-4-6-21-7-5-17)10-18-14(20)13-11(9-16-18)1-8-22-13/h1,8-9H,2-7,10H2,(H,15,19). The van der Waals surface area contributed by atoms with Gasteiger partial charge in [0.15, 0.2) is 0 Å². The number of thiophene rings is 1. The maximum absolute atomic E-state index is 12.2. The fraction of sp³-hybridized carbons (Fsp3) is 0.500. The summed E-state index contributed by atoms with van der Waals surface area (Å²) in [5, 5.41) is 9.54. The molecule has 2 aromatic heterocycles. The van der Waals surface area contributed by atoms with Gasteiger partial charge in [0.2, 0.25) is 5.91 Å². The first-order valence-corrected chi connectivity index (χ1v) is 8.12. The Morgan fingerprint density at radius 1 is 1.41 bits per heavy atom. The van der Waals surface area contributed by atoms with E-state index in [9.17, 15) is 9.59 Å². The molecule has 0 spiro atoms. The monoisotopic (exact) mass is 322 g/mol. The average Bonchev–Trinajstić information content (AvgIpc) is 3.01. The van der Waals surface area contributed by atoms with Crippen LogP contribution in [-0.4, -0.2) is 60.0 Å². The van der Waals surface area contributed by atoms with Gasteiger partial charge in [-0.1, -0.05) is 0 Å². The highest BCUT2D eigenvalue weighted by Gasteiger charge is 2.12. The van der Waals surface area contributed by atoms with Gasteiger partial charge in [0.05, 0.1) is 19.4 Å². The molecule has 2 aromatic rings. The molecule has 1 N–H and O–H groups in total. The summed E-state index contributed by atoms with van der Waals surface area (Å²) in [5.41, 5.74) is -0.212. The number of nitrogens with zero attached hydrogens (tertiary/aromatic N) is 3. The van der Waals surface area contributed by atoms with Crippen LogP contribution in [0.15, 0.2) is 22.4 Å². The molecule has 0 radical (unpaired) electrons. The van der Waals surface area contributed by atoms with Gasteiger partial charge in [0, 0.05) is 31.6 Å². The first-order valence-electron chi connectivity index (χ1n) is 7.24. The molecule has 3 heterocycles. The first kappa shape index (κ1) is 15.1. The molecule has 1 aliphatic heterocycles. The summed E-state index contributed by atoms with van der Waals surface area (Å²) in [5.74, 6) is -0.196. The Morgan fingerprint density at radius 2 is 2.23 bits per heavy atom. The van der Waals surface area contributed by atoms with Gasteiger partial charge in [-0.15, -0.1) is 11.3 Å². The number of nitrogens with one attached hydrogen (secondary N) is 1. The fourth-order valence-corrected chi connectivity index (χ4v) is 3.19. The molecule has 118 valence electrons. The van der Waals surface area contributed by atoms with Crippen molar-refractivity contribution < 1.29 is 9.53 Å². The molecule has 0 aliphatic carbocycles. The molecule has 8 heteroatoms. The lowest BCUT2D eigenvalue weighted by Crippen LogP contribution is -2.42. The van der Waals surface area contributed by atoms with Crippen LogP contribution in [0, 0.1) is 0 Å². The number of hydrogen-bond donors (Lipinski definition) is 1. The molecule has 0 bridgehead atoms. The second-order valence-electron chi connectivity index (χ2n) is 5.12. The third-order valence-corrected chi connectivity index (χ3v) is 4.53. The molecule has 7 nitrogen and oxygen atoms in total. The zero-order valence-corrected chi connectivity index (χ0v) is 13.0. The van der Waals surface area contributed by atoms with E-state index < -0.39 is 0 Å². The van der Waals surface area contributed by atoms with Gasteiger partial charge >= 0.3 is 0 Å². The van der Waals surface area contributed by atoms with E-state index in [0.29, 0.717) is 11.2 Å². The minimum atomic E-state index is -0.212. The Bertz CT molecular complexity index is 705. The van der Waals surface area contributed by atoms with Crippen molar-refractivity contribution in [1.82, 2.24) is 20.0 Å². The highest BCUT2D eigenvalue weighted by Crippen LogP contribution is 2.14. The number of ether oxygens (including phenoxy) is 1. The summed E-state index contributed by atoms with van der Waals surface area (Å²) in [6.45, 7) is 4.59. The third kappa shape index (κ3) is 3.52. The SMILES string of the molecule is O=C(Cn1ncc2ccsc2c1=O)NCCN1CCOCC1. The largest absolute Gasteiger partial charge is 0.379 e. The van der Waals surface area contributed by atoms with Crippen molar-refractivity contribution in [2.24, 2.45) is 0 Å². The summed E-state index contributed by atoms with van der Waals surface area (Å²) in [7, 11) is 0. The van der Waals surface area contributed by atoms with Gasteiger partial charge < -0.3 is 10.1 Å². The fourth-order valence-electron chi connectivity index (χ4n) is 2.38. The predicted molar refractivity (Wildman–Crippen MR) is 84.1 cm³/mol. The number of fused-ring (bicyclic) bond motifs is 1. The van der Waals surface area contributed by atoms with E-state index in [0.717, 1.165) is 38.2 Å². The van der Waals surface area contributed by atoms with E-state index in [1.807, 2.05) is 11.4 Å². The number of carbonyl (C=O) groups is 1. The van der Waals surface area contributed by atoms with Crippen LogP contribution in [0.1, 0.15) is 0 Å². The van der Waals surface area contributed by atoms with E-state index >= 15 is 0 Å². The molecule has 1 fully saturated rings. The molecular weight excluding hydrogens is 304 g/mol. The van der Waals surface area contributed by atoms with Crippen molar-refractivity contribution in [3.63, 3.8) is 0 Å². The lowest BCUT2D eigenvalue weighted by molar-refractivity contribution is -0.122. The molecule has 0 saturated carbocycles. The van der Waals surface area contributed by atoms with E-state index in [1.54, 1.807) is 6.20 Å². The van der Waals surface area contributed by atoms with Crippen LogP contribution in [0.4, 0.5) is 0 Å². The predicted octanol–water partition coefficient (Wildman–Crippen LogP) is -0.0936. The normalized spacial score (nSPS) is 16.0. The van der Waals surface area contributed by atoms with Crippen molar-refractivity contribution in [2.45, 2.75) is 6.54 Å². The zero-order valence-electron chi connectivity index (χ0n) is 12.2. The highest BCUT2D eigenvalue weighted by molar-refractivity contribution is 7.17. The van der Waals surface area contributed by atoms with Gasteiger partial charge in [-0.25, -0.2) is 4.68 Å². The molecular formula is C14H18N4O3S. The van der Waals surface area contributed by atoms with Gasteiger partial charge in [-0.3, -0.25) is 14.5 Å². The maximum Gasteiger partial charge on any atom is 0.285 e. The van der Waals surface area contributed by atoms with Crippen LogP contribution in [0.3, 0.4) is 0 Å². The zero-order chi connectivity index (χ0) is 15.4. The molecule has 0 aromatic carbocycles. The highest BCUT2D eigenvalue weighted by atomic mass is 32.1. The van der Waals surface area contributed by atoms with Crippen LogP contribution in [0.2, 0.25) is 0 Å². The molecule has 0 unspecified atom stereocenters. The molecule has 3 rings (SSSR count). The number of carbonyl (C=O) groups excluding carboxylic acids is 1. The lowest BCUT2D eigenvalue weighted by Gasteiger charge is -2.26. The van der Waals surface area contributed by atoms with Gasteiger partial charge in [0.1, 0.15) is 11.2 Å². The second kappa shape index (κ2) is 6.99. The van der Waals surface area contributed by atoms with Crippen molar-refractivity contribution in [1.29, 1.82) is 0 Å². The summed E-state index contributed by atoms with van der Waals surface area (Å²) < 4.78 is 7.12. The summed E-state index contributed by atoms with van der Waals surface area (Å²) in [6, 6.07) is 1.85. The minimum absolute atomic E-state index is 0.0458. The van der Waals surface area contributed by atoms with Crippen molar-refractivity contribution in [3.8, 4) is 0 Å². The van der Waals surface area contributed by atoms with Crippen LogP contribution < -0.4 is 10.9 Å². The van der Waals surface area contributed by atoms with Gasteiger partial charge in [-0.2, -0.15) is 5.10 Å². The van der Waals surface area contributed by atoms with Crippen molar-refractivity contribution in [3.05, 3.63) is 28.0 Å². The van der Waals surface area contributed by atoms with Crippen LogP contribution >= 0.6 is 11.3 Å². The number of aromatic nitrogens is 2. The molecule has 1 aliphatic rings. The number of rotatable bonds is 5. The molecule has 1 saturated heterocycles. The Hall–Kier alpha value is -1.77. The van der Waals surface area contributed by atoms with E-state index in [2.05, 4.69) is 15.3 Å². The molecule has 22 heavy (non-hydrogen) atoms. The molecule has 0 atom stereocenters. The first-order chi connectivity index (χ1) is 10.7. The minimum Gasteiger partial charge on any atom is -0.379 e. The quantitative estimate of drug-likeness (QED) is 0.832. The van der Waals surface area contributed by atoms with Gasteiger partial charge in [-0.05, 0) is 11.4 Å². The topological polar surface area (TPSA) is 76.5 Å². The average molecular weight is 322 g/mol. The van der Waals surface area contributed by atoms with E-state index in [4.69, 9.17) is 4.74 Å². The Labute approximate surface area is 131 Å². The molecule has 1 amide bonds.